The number of aromatic nitrogens is 20. The summed E-state index contributed by atoms with van der Waals surface area (Å²) in [5, 5.41) is 48.6. The Morgan fingerprint density at radius 3 is 1.20 bits per heavy atom. The fraction of sp³-hybridized carbons (Fsp3) is 0.0988. The van der Waals surface area contributed by atoms with Crippen LogP contribution in [0.25, 0.3) is 113 Å². The fourth-order valence-corrected chi connectivity index (χ4v) is 12.6. The molecule has 1 fully saturated rings. The number of urea groups is 2. The van der Waals surface area contributed by atoms with Crippen molar-refractivity contribution >= 4 is 113 Å². The lowest BCUT2D eigenvalue weighted by atomic mass is 10.1. The Hall–Kier alpha value is -16.6. The van der Waals surface area contributed by atoms with Crippen molar-refractivity contribution in [2.45, 2.75) is 40.2 Å². The van der Waals surface area contributed by atoms with Crippen LogP contribution in [0.15, 0.2) is 171 Å². The molecule has 7 amide bonds. The topological polar surface area (TPSA) is 448 Å². The highest BCUT2D eigenvalue weighted by Gasteiger charge is 2.29. The van der Waals surface area contributed by atoms with Crippen molar-refractivity contribution in [1.29, 1.82) is 0 Å². The SMILES string of the molecule is CC(C)(C)NC(=O)Nc1cn[nH]c1-c1nc2ccccc2[nH]1.Cc1cc2nc(-c3[nH]ncc3NC(=O)c3c(F)cccc3F)[nH]c2cc1C.O=C(Nc1cn[nH]c1-c1nc2c(F)cc(F)cc2[nH]1)c1c(F)cccc1F.O=C(Nc1cn[nH]c1-c1nc2cc(F)c(F)cc2[nH]1)c1c(F)cccc1F.O=C1NCCN1c1cn[nH]c1-c1nc2ccccc2[nH]1. The summed E-state index contributed by atoms with van der Waals surface area (Å²) >= 11 is 0. The first-order chi connectivity index (χ1) is 59.1. The zero-order valence-corrected chi connectivity index (χ0v) is 64.3. The van der Waals surface area contributed by atoms with E-state index in [0.29, 0.717) is 53.7 Å². The molecule has 0 aliphatic carbocycles. The monoisotopic (exact) mass is 1680 g/mol. The molecule has 1 aliphatic heterocycles. The standard InChI is InChI=1S/C19H15F2N5O.2C17H9F4N5O.C15H18N6O.C13H12N6O/c1-9-6-13-14(7-10(9)2)24-18(23-13)17-15(8-22-26-17)25-19(27)16-11(20)4-3-5-12(16)21;18-7-4-10(21)14-11(5-7)23-16(25-14)15-12(6-22-26-15)24-17(27)13-8(19)2-1-3-9(13)20;18-7-2-1-3-8(19)14(7)17(27)25-13-6-22-26-15(13)16-23-11-4-9(20)10(21)5-12(11)24-16;1-15(2,3)20-14(22)19-11-8-16-21-12(11)13-17-9-6-4-5-7-10(9)18-13;20-13-14-5-6-19(13)10-7-15-18-11(10)12-16-8-3-1-2-4-9(8)17-12/h3-8H,1-2H3,(H,22,26)(H,23,24)(H,25,27);1-6H,(H,22,26)(H,23,25)(H,24,27);1-6H,(H,22,26)(H,23,24)(H,25,27);4-8H,1-3H3,(H,16,21)(H,17,18)(H2,19,20,22);1-4,7H,5-6H2,(H,14,20)(H,15,18)(H,16,17). The van der Waals surface area contributed by atoms with Gasteiger partial charge >= 0.3 is 12.1 Å². The number of para-hydroxylation sites is 4. The van der Waals surface area contributed by atoms with Gasteiger partial charge in [0.05, 0.1) is 109 Å². The molecular formula is C81H63F10N27O5. The predicted molar refractivity (Wildman–Crippen MR) is 433 cm³/mol. The van der Waals surface area contributed by atoms with Gasteiger partial charge < -0.3 is 56.8 Å². The molecule has 32 nitrogen and oxygen atoms in total. The van der Waals surface area contributed by atoms with E-state index in [-0.39, 0.29) is 79.8 Å². The number of carbonyl (C=O) groups excluding carboxylic acids is 5. The molecule has 0 radical (unpaired) electrons. The molecule has 19 rings (SSSR count). The number of rotatable bonds is 13. The van der Waals surface area contributed by atoms with E-state index >= 15 is 0 Å². The summed E-state index contributed by atoms with van der Waals surface area (Å²) in [7, 11) is 0. The van der Waals surface area contributed by atoms with Crippen LogP contribution in [-0.4, -0.2) is 149 Å². The summed E-state index contributed by atoms with van der Waals surface area (Å²) in [6, 6.07) is 32.0. The number of amides is 7. The van der Waals surface area contributed by atoms with Crippen LogP contribution in [0.4, 0.5) is 81.9 Å². The first-order valence-corrected chi connectivity index (χ1v) is 36.7. The maximum Gasteiger partial charge on any atom is 0.322 e. The Bertz CT molecular complexity index is 6680. The number of H-pyrrole nitrogens is 10. The second-order valence-corrected chi connectivity index (χ2v) is 28.1. The summed E-state index contributed by atoms with van der Waals surface area (Å²) in [4.78, 5) is 98.9. The van der Waals surface area contributed by atoms with Gasteiger partial charge in [-0.1, -0.05) is 42.5 Å². The van der Waals surface area contributed by atoms with E-state index in [1.54, 1.807) is 17.3 Å². The van der Waals surface area contributed by atoms with Gasteiger partial charge in [-0.05, 0) is 125 Å². The Labute approximate surface area is 683 Å². The molecule has 8 aromatic carbocycles. The third-order valence-electron chi connectivity index (χ3n) is 18.5. The molecule has 1 aliphatic rings. The first-order valence-electron chi connectivity index (χ1n) is 36.7. The van der Waals surface area contributed by atoms with E-state index in [1.165, 1.54) is 24.7 Å². The number of anilines is 5. The van der Waals surface area contributed by atoms with Crippen molar-refractivity contribution in [3.8, 4) is 57.6 Å². The molecule has 123 heavy (non-hydrogen) atoms. The van der Waals surface area contributed by atoms with Gasteiger partial charge in [0, 0.05) is 36.8 Å². The summed E-state index contributed by atoms with van der Waals surface area (Å²) in [5.41, 5.74) is 9.05. The van der Waals surface area contributed by atoms with Gasteiger partial charge in [0.2, 0.25) is 0 Å². The lowest BCUT2D eigenvalue weighted by molar-refractivity contribution is 0.101. The molecule has 42 heteroatoms. The minimum atomic E-state index is -1.06. The first kappa shape index (κ1) is 81.5. The van der Waals surface area contributed by atoms with Crippen LogP contribution in [0.2, 0.25) is 0 Å². The third-order valence-corrected chi connectivity index (χ3v) is 18.5. The number of benzene rings is 8. The minimum absolute atomic E-state index is 0.0441. The second-order valence-electron chi connectivity index (χ2n) is 28.1. The number of carbonyl (C=O) groups is 5. The van der Waals surface area contributed by atoms with Gasteiger partial charge in [-0.3, -0.25) is 44.8 Å². The van der Waals surface area contributed by atoms with E-state index in [0.717, 1.165) is 122 Å². The Kier molecular flexibility index (Phi) is 22.6. The second kappa shape index (κ2) is 34.2. The Balaban J connectivity index is 0.000000120. The maximum atomic E-state index is 13.8. The highest BCUT2D eigenvalue weighted by molar-refractivity contribution is 6.08. The Morgan fingerprint density at radius 1 is 0.374 bits per heavy atom. The number of fused-ring (bicyclic) bond motifs is 5. The molecule has 18 aromatic rings. The van der Waals surface area contributed by atoms with Crippen molar-refractivity contribution in [2.24, 2.45) is 0 Å². The highest BCUT2D eigenvalue weighted by Crippen LogP contribution is 2.34. The normalized spacial score (nSPS) is 11.8. The van der Waals surface area contributed by atoms with Crippen molar-refractivity contribution < 1.29 is 67.9 Å². The van der Waals surface area contributed by atoms with Crippen LogP contribution in [0.1, 0.15) is 63.0 Å². The van der Waals surface area contributed by atoms with Crippen LogP contribution in [-0.2, 0) is 0 Å². The van der Waals surface area contributed by atoms with Crippen LogP contribution < -0.4 is 36.8 Å². The summed E-state index contributed by atoms with van der Waals surface area (Å²) in [6.45, 7) is 11.0. The minimum Gasteiger partial charge on any atom is -0.337 e. The van der Waals surface area contributed by atoms with Gasteiger partial charge in [0.25, 0.3) is 17.7 Å². The van der Waals surface area contributed by atoms with E-state index in [2.05, 4.69) is 133 Å². The zero-order valence-electron chi connectivity index (χ0n) is 64.3. The lowest BCUT2D eigenvalue weighted by Crippen LogP contribution is -2.43. The maximum absolute atomic E-state index is 13.8. The molecule has 1 saturated heterocycles. The van der Waals surface area contributed by atoms with Crippen molar-refractivity contribution in [2.75, 3.05) is 39.3 Å². The Morgan fingerprint density at radius 2 is 0.748 bits per heavy atom. The molecule has 16 N–H and O–H groups in total. The molecule has 0 bridgehead atoms. The third kappa shape index (κ3) is 17.7. The number of aromatic amines is 10. The number of imidazole rings is 5. The van der Waals surface area contributed by atoms with E-state index in [9.17, 15) is 67.9 Å². The van der Waals surface area contributed by atoms with Gasteiger partial charge in [-0.2, -0.15) is 25.5 Å². The zero-order chi connectivity index (χ0) is 86.7. The van der Waals surface area contributed by atoms with Crippen molar-refractivity contribution in [1.82, 2.24) is 111 Å². The van der Waals surface area contributed by atoms with E-state index in [1.807, 2.05) is 95.3 Å². The molecule has 0 atom stereocenters. The number of nitrogens with zero attached hydrogens (tertiary/aromatic N) is 11. The molecule has 10 aromatic heterocycles. The van der Waals surface area contributed by atoms with Gasteiger partial charge in [0.15, 0.2) is 46.6 Å². The van der Waals surface area contributed by atoms with Gasteiger partial charge in [0.1, 0.15) is 91.4 Å². The lowest BCUT2D eigenvalue weighted by Gasteiger charge is -2.20. The molecule has 0 spiro atoms. The van der Waals surface area contributed by atoms with Gasteiger partial charge in [-0.25, -0.2) is 78.4 Å². The van der Waals surface area contributed by atoms with Crippen LogP contribution >= 0.6 is 0 Å². The van der Waals surface area contributed by atoms with Crippen molar-refractivity contribution in [3.05, 3.63) is 257 Å². The van der Waals surface area contributed by atoms with Gasteiger partial charge in [-0.15, -0.1) is 0 Å². The quantitative estimate of drug-likeness (QED) is 0.0477. The van der Waals surface area contributed by atoms with Crippen LogP contribution in [0, 0.1) is 72.0 Å². The molecular weight excluding hydrogens is 1620 g/mol. The summed E-state index contributed by atoms with van der Waals surface area (Å²) in [5.74, 6) is -10.8. The van der Waals surface area contributed by atoms with Crippen LogP contribution in [0.3, 0.4) is 0 Å². The molecule has 0 unspecified atom stereocenters. The smallest absolute Gasteiger partial charge is 0.322 e. The average Bonchev–Trinajstić information content (AvgIpc) is 1.66. The number of hydrogen-bond acceptors (Lipinski definition) is 15. The van der Waals surface area contributed by atoms with Crippen LogP contribution in [0.5, 0.6) is 0 Å². The molecule has 622 valence electrons. The van der Waals surface area contributed by atoms with E-state index in [4.69, 9.17) is 0 Å². The molecule has 11 heterocycles. The molecule has 0 saturated carbocycles. The number of aryl methyl sites for hydroxylation is 2. The highest BCUT2D eigenvalue weighted by atomic mass is 19.2. The number of nitrogens with one attached hydrogen (secondary N) is 16. The van der Waals surface area contributed by atoms with E-state index < -0.39 is 92.6 Å². The number of hydrogen-bond donors (Lipinski definition) is 16. The summed E-state index contributed by atoms with van der Waals surface area (Å²) in [6.07, 6.45) is 6.96. The largest absolute Gasteiger partial charge is 0.337 e. The van der Waals surface area contributed by atoms with Crippen molar-refractivity contribution in [3.63, 3.8) is 0 Å². The predicted octanol–water partition coefficient (Wildman–Crippen LogP) is 16.0. The summed E-state index contributed by atoms with van der Waals surface area (Å²) < 4.78 is 137. The number of halogens is 10. The fourth-order valence-electron chi connectivity index (χ4n) is 12.6. The average molecular weight is 1680 g/mol.